The summed E-state index contributed by atoms with van der Waals surface area (Å²) in [6.07, 6.45) is 0.951. The van der Waals surface area contributed by atoms with E-state index in [9.17, 15) is 14.7 Å². The summed E-state index contributed by atoms with van der Waals surface area (Å²) < 4.78 is 13.1. The van der Waals surface area contributed by atoms with Crippen molar-refractivity contribution in [1.29, 1.82) is 0 Å². The Kier molecular flexibility index (Phi) is 6.63. The Bertz CT molecular complexity index is 1140. The molecule has 3 rings (SSSR count). The Morgan fingerprint density at radius 1 is 1.06 bits per heavy atom. The maximum absolute atomic E-state index is 13.5. The van der Waals surface area contributed by atoms with Crippen molar-refractivity contribution in [3.05, 3.63) is 59.3 Å². The molecule has 6 heteroatoms. The summed E-state index contributed by atoms with van der Waals surface area (Å²) in [5.74, 6) is 0.549. The highest BCUT2D eigenvalue weighted by Crippen LogP contribution is 2.33. The molecule has 0 saturated heterocycles. The lowest BCUT2D eigenvalue weighted by Gasteiger charge is -2.21. The van der Waals surface area contributed by atoms with Gasteiger partial charge in [0.15, 0.2) is 11.4 Å². The van der Waals surface area contributed by atoms with Crippen LogP contribution >= 0.6 is 0 Å². The first-order valence-corrected chi connectivity index (χ1v) is 10.8. The van der Waals surface area contributed by atoms with Gasteiger partial charge in [0, 0.05) is 29.3 Å². The summed E-state index contributed by atoms with van der Waals surface area (Å²) in [6.45, 7) is 10.1. The Labute approximate surface area is 188 Å². The van der Waals surface area contributed by atoms with Gasteiger partial charge in [-0.25, -0.2) is 4.79 Å². The van der Waals surface area contributed by atoms with Crippen molar-refractivity contribution in [2.75, 3.05) is 7.11 Å². The second kappa shape index (κ2) is 9.07. The van der Waals surface area contributed by atoms with Crippen LogP contribution in [-0.4, -0.2) is 34.1 Å². The molecule has 0 aliphatic heterocycles. The molecule has 0 spiro atoms. The minimum absolute atomic E-state index is 0.0574. The zero-order valence-electron chi connectivity index (χ0n) is 19.6. The molecule has 0 saturated carbocycles. The number of carboxylic acid groups (broad SMARTS) is 1. The van der Waals surface area contributed by atoms with E-state index in [-0.39, 0.29) is 5.78 Å². The maximum Gasteiger partial charge on any atom is 0.347 e. The molecule has 1 N–H and O–H groups in total. The van der Waals surface area contributed by atoms with Crippen LogP contribution in [0.1, 0.15) is 55.7 Å². The lowest BCUT2D eigenvalue weighted by atomic mass is 10.0. The van der Waals surface area contributed by atoms with Gasteiger partial charge in [-0.1, -0.05) is 13.8 Å². The van der Waals surface area contributed by atoms with Crippen molar-refractivity contribution in [2.24, 2.45) is 5.92 Å². The first-order valence-electron chi connectivity index (χ1n) is 10.8. The van der Waals surface area contributed by atoms with Crippen LogP contribution in [0.4, 0.5) is 0 Å². The molecule has 2 aromatic carbocycles. The number of fused-ring (bicyclic) bond motifs is 1. The van der Waals surface area contributed by atoms with E-state index in [1.165, 1.54) is 13.8 Å². The second-order valence-electron chi connectivity index (χ2n) is 8.95. The SMILES string of the molecule is COc1ccc(C(=O)c2c(C)n(CCC(C)C)c3cc(OC(C)(C)C(=O)O)ccc23)cc1. The third-order valence-electron chi connectivity index (χ3n) is 5.69. The molecule has 32 heavy (non-hydrogen) atoms. The van der Waals surface area contributed by atoms with Crippen LogP contribution in [0, 0.1) is 12.8 Å². The van der Waals surface area contributed by atoms with E-state index in [0.717, 1.165) is 29.6 Å². The monoisotopic (exact) mass is 437 g/mol. The second-order valence-corrected chi connectivity index (χ2v) is 8.95. The predicted octanol–water partition coefficient (Wildman–Crippen LogP) is 5.48. The van der Waals surface area contributed by atoms with Crippen molar-refractivity contribution in [1.82, 2.24) is 4.57 Å². The molecule has 170 valence electrons. The van der Waals surface area contributed by atoms with Crippen molar-refractivity contribution in [2.45, 2.75) is 53.2 Å². The van der Waals surface area contributed by atoms with Crippen molar-refractivity contribution in [3.8, 4) is 11.5 Å². The number of aliphatic carboxylic acids is 1. The largest absolute Gasteiger partial charge is 0.497 e. The summed E-state index contributed by atoms with van der Waals surface area (Å²) in [7, 11) is 1.59. The van der Waals surface area contributed by atoms with Gasteiger partial charge in [-0.15, -0.1) is 0 Å². The van der Waals surface area contributed by atoms with E-state index in [1.54, 1.807) is 37.4 Å². The van der Waals surface area contributed by atoms with E-state index in [0.29, 0.717) is 28.5 Å². The summed E-state index contributed by atoms with van der Waals surface area (Å²) in [5.41, 5.74) is 1.62. The van der Waals surface area contributed by atoms with Gasteiger partial charge >= 0.3 is 5.97 Å². The molecule has 0 atom stereocenters. The first-order chi connectivity index (χ1) is 15.0. The number of methoxy groups -OCH3 is 1. The van der Waals surface area contributed by atoms with Gasteiger partial charge < -0.3 is 19.1 Å². The first kappa shape index (κ1) is 23.4. The Morgan fingerprint density at radius 3 is 2.25 bits per heavy atom. The number of hydrogen-bond donors (Lipinski definition) is 1. The number of nitrogens with zero attached hydrogens (tertiary/aromatic N) is 1. The quantitative estimate of drug-likeness (QED) is 0.449. The zero-order chi connectivity index (χ0) is 23.6. The zero-order valence-corrected chi connectivity index (χ0v) is 19.6. The normalized spacial score (nSPS) is 11.7. The van der Waals surface area contributed by atoms with Crippen LogP contribution in [-0.2, 0) is 11.3 Å². The van der Waals surface area contributed by atoms with Gasteiger partial charge in [-0.05, 0) is 69.5 Å². The number of aryl methyl sites for hydroxylation is 1. The average molecular weight is 438 g/mol. The van der Waals surface area contributed by atoms with Crippen molar-refractivity contribution >= 4 is 22.7 Å². The smallest absolute Gasteiger partial charge is 0.347 e. The highest BCUT2D eigenvalue weighted by Gasteiger charge is 2.30. The fourth-order valence-corrected chi connectivity index (χ4v) is 3.71. The minimum Gasteiger partial charge on any atom is -0.497 e. The average Bonchev–Trinajstić information content (AvgIpc) is 3.01. The molecule has 0 aliphatic carbocycles. The number of rotatable bonds is 9. The highest BCUT2D eigenvalue weighted by atomic mass is 16.5. The highest BCUT2D eigenvalue weighted by molar-refractivity contribution is 6.17. The molecule has 1 aromatic heterocycles. The summed E-state index contributed by atoms with van der Waals surface area (Å²) >= 11 is 0. The fourth-order valence-electron chi connectivity index (χ4n) is 3.71. The summed E-state index contributed by atoms with van der Waals surface area (Å²) in [6, 6.07) is 12.5. The molecule has 6 nitrogen and oxygen atoms in total. The van der Waals surface area contributed by atoms with Gasteiger partial charge in [0.05, 0.1) is 18.2 Å². The van der Waals surface area contributed by atoms with Crippen LogP contribution in [0.3, 0.4) is 0 Å². The predicted molar refractivity (Wildman–Crippen MR) is 125 cm³/mol. The van der Waals surface area contributed by atoms with Crippen molar-refractivity contribution in [3.63, 3.8) is 0 Å². The number of aromatic nitrogens is 1. The molecule has 0 bridgehead atoms. The Morgan fingerprint density at radius 2 is 1.69 bits per heavy atom. The lowest BCUT2D eigenvalue weighted by Crippen LogP contribution is -2.37. The van der Waals surface area contributed by atoms with Gasteiger partial charge in [0.25, 0.3) is 0 Å². The van der Waals surface area contributed by atoms with E-state index in [4.69, 9.17) is 9.47 Å². The van der Waals surface area contributed by atoms with Gasteiger partial charge in [-0.3, -0.25) is 4.79 Å². The number of ether oxygens (including phenoxy) is 2. The van der Waals surface area contributed by atoms with E-state index < -0.39 is 11.6 Å². The summed E-state index contributed by atoms with van der Waals surface area (Å²) in [5, 5.41) is 10.2. The van der Waals surface area contributed by atoms with E-state index in [2.05, 4.69) is 18.4 Å². The lowest BCUT2D eigenvalue weighted by molar-refractivity contribution is -0.152. The molecule has 0 unspecified atom stereocenters. The Balaban J connectivity index is 2.12. The van der Waals surface area contributed by atoms with E-state index >= 15 is 0 Å². The van der Waals surface area contributed by atoms with Gasteiger partial charge in [0.1, 0.15) is 11.5 Å². The van der Waals surface area contributed by atoms with Crippen LogP contribution in [0.2, 0.25) is 0 Å². The maximum atomic E-state index is 13.5. The van der Waals surface area contributed by atoms with Crippen LogP contribution in [0.5, 0.6) is 11.5 Å². The van der Waals surface area contributed by atoms with Crippen LogP contribution < -0.4 is 9.47 Å². The molecule has 0 amide bonds. The fraction of sp³-hybridized carbons (Fsp3) is 0.385. The number of benzene rings is 2. The topological polar surface area (TPSA) is 77.8 Å². The molecule has 0 fully saturated rings. The van der Waals surface area contributed by atoms with Crippen LogP contribution in [0.15, 0.2) is 42.5 Å². The number of hydrogen-bond acceptors (Lipinski definition) is 4. The summed E-state index contributed by atoms with van der Waals surface area (Å²) in [4.78, 5) is 25.0. The third kappa shape index (κ3) is 4.64. The molecule has 3 aromatic rings. The number of carbonyl (C=O) groups is 2. The van der Waals surface area contributed by atoms with Gasteiger partial charge in [0.2, 0.25) is 0 Å². The van der Waals surface area contributed by atoms with Crippen molar-refractivity contribution < 1.29 is 24.2 Å². The molecular formula is C26H31NO5. The third-order valence-corrected chi connectivity index (χ3v) is 5.69. The molecule has 0 aliphatic rings. The number of carbonyl (C=O) groups excluding carboxylic acids is 1. The number of carboxylic acids is 1. The standard InChI is InChI=1S/C26H31NO5/c1-16(2)13-14-27-17(3)23(24(28)18-7-9-19(31-6)10-8-18)21-12-11-20(15-22(21)27)32-26(4,5)25(29)30/h7-12,15-16H,13-14H2,1-6H3,(H,29,30). The molecular weight excluding hydrogens is 406 g/mol. The number of ketones is 1. The Hall–Kier alpha value is -3.28. The molecule has 0 radical (unpaired) electrons. The van der Waals surface area contributed by atoms with Crippen LogP contribution in [0.25, 0.3) is 10.9 Å². The molecule has 1 heterocycles. The van der Waals surface area contributed by atoms with Gasteiger partial charge in [-0.2, -0.15) is 0 Å². The van der Waals surface area contributed by atoms with E-state index in [1.807, 2.05) is 19.1 Å². The minimum atomic E-state index is -1.36.